The van der Waals surface area contributed by atoms with E-state index < -0.39 is 0 Å². The first kappa shape index (κ1) is 16.1. The minimum atomic E-state index is -0.0978. The van der Waals surface area contributed by atoms with Crippen LogP contribution in [0.4, 0.5) is 5.82 Å². The summed E-state index contributed by atoms with van der Waals surface area (Å²) in [5.74, 6) is 2.82. The standard InChI is InChI=1S/C18H20N4O2S/c1-2-3-4-14-21-15-16(17-13(7-8-25-17)20-18(15)19)22(14)9-11-5-6-12(10-23)24-11/h5-8,23H,2-4,9-10H2,1H3,(H2,19,20). The molecule has 4 aromatic rings. The molecule has 0 aliphatic carbocycles. The maximum absolute atomic E-state index is 9.23. The molecule has 25 heavy (non-hydrogen) atoms. The van der Waals surface area contributed by atoms with Gasteiger partial charge in [0.25, 0.3) is 0 Å². The molecule has 0 amide bonds. The molecule has 3 N–H and O–H groups in total. The number of nitrogen functional groups attached to an aromatic ring is 1. The van der Waals surface area contributed by atoms with Crippen LogP contribution in [0, 0.1) is 0 Å². The molecule has 4 rings (SSSR count). The van der Waals surface area contributed by atoms with Crippen LogP contribution in [0.3, 0.4) is 0 Å². The number of furan rings is 1. The van der Waals surface area contributed by atoms with E-state index in [1.54, 1.807) is 17.4 Å². The molecule has 0 atom stereocenters. The van der Waals surface area contributed by atoms with Gasteiger partial charge in [0.15, 0.2) is 5.82 Å². The molecular formula is C18H20N4O2S. The molecular weight excluding hydrogens is 336 g/mol. The number of fused-ring (bicyclic) bond motifs is 3. The van der Waals surface area contributed by atoms with E-state index in [2.05, 4.69) is 16.5 Å². The number of hydrogen-bond acceptors (Lipinski definition) is 6. The SMILES string of the molecule is CCCCc1nc2c(N)nc3ccsc3c2n1Cc1ccc(CO)o1. The van der Waals surface area contributed by atoms with Gasteiger partial charge in [0.2, 0.25) is 0 Å². The molecule has 0 fully saturated rings. The lowest BCUT2D eigenvalue weighted by molar-refractivity contribution is 0.243. The average molecular weight is 356 g/mol. The van der Waals surface area contributed by atoms with Gasteiger partial charge < -0.3 is 19.8 Å². The second-order valence-corrected chi connectivity index (χ2v) is 6.99. The molecule has 0 unspecified atom stereocenters. The van der Waals surface area contributed by atoms with Crippen molar-refractivity contribution in [2.24, 2.45) is 0 Å². The third-order valence-electron chi connectivity index (χ3n) is 4.33. The Labute approximate surface area is 148 Å². The zero-order chi connectivity index (χ0) is 17.4. The number of imidazole rings is 1. The highest BCUT2D eigenvalue weighted by Gasteiger charge is 2.19. The van der Waals surface area contributed by atoms with Crippen LogP contribution in [0.15, 0.2) is 28.0 Å². The van der Waals surface area contributed by atoms with Crippen LogP contribution < -0.4 is 5.73 Å². The van der Waals surface area contributed by atoms with Crippen molar-refractivity contribution in [2.75, 3.05) is 5.73 Å². The Hall–Kier alpha value is -2.38. The van der Waals surface area contributed by atoms with Crippen LogP contribution >= 0.6 is 11.3 Å². The van der Waals surface area contributed by atoms with Gasteiger partial charge in [0.05, 0.1) is 22.3 Å². The number of aliphatic hydroxyl groups is 1. The van der Waals surface area contributed by atoms with E-state index in [1.165, 1.54) is 0 Å². The number of pyridine rings is 1. The molecule has 4 aromatic heterocycles. The molecule has 130 valence electrons. The van der Waals surface area contributed by atoms with Crippen LogP contribution in [0.25, 0.3) is 21.3 Å². The zero-order valence-electron chi connectivity index (χ0n) is 14.0. The summed E-state index contributed by atoms with van der Waals surface area (Å²) in [5, 5.41) is 11.3. The number of thiophene rings is 1. The predicted octanol–water partition coefficient (Wildman–Crippen LogP) is 3.70. The van der Waals surface area contributed by atoms with E-state index in [9.17, 15) is 5.11 Å². The summed E-state index contributed by atoms with van der Waals surface area (Å²) < 4.78 is 8.97. The van der Waals surface area contributed by atoms with Crippen LogP contribution in [-0.4, -0.2) is 19.6 Å². The van der Waals surface area contributed by atoms with E-state index in [0.717, 1.165) is 52.1 Å². The third kappa shape index (κ3) is 2.79. The quantitative estimate of drug-likeness (QED) is 0.550. The Kier molecular flexibility index (Phi) is 4.19. The maximum Gasteiger partial charge on any atom is 0.152 e. The lowest BCUT2D eigenvalue weighted by Gasteiger charge is -2.08. The maximum atomic E-state index is 9.23. The van der Waals surface area contributed by atoms with Crippen molar-refractivity contribution in [1.82, 2.24) is 14.5 Å². The monoisotopic (exact) mass is 356 g/mol. The van der Waals surface area contributed by atoms with E-state index >= 15 is 0 Å². The van der Waals surface area contributed by atoms with Gasteiger partial charge in [-0.1, -0.05) is 13.3 Å². The van der Waals surface area contributed by atoms with Gasteiger partial charge in [0.1, 0.15) is 29.5 Å². The molecule has 0 aliphatic rings. The molecule has 0 aliphatic heterocycles. The van der Waals surface area contributed by atoms with Crippen molar-refractivity contribution in [1.29, 1.82) is 0 Å². The fourth-order valence-corrected chi connectivity index (χ4v) is 3.99. The molecule has 0 bridgehead atoms. The highest BCUT2D eigenvalue weighted by atomic mass is 32.1. The van der Waals surface area contributed by atoms with Crippen LogP contribution in [0.1, 0.15) is 37.1 Å². The molecule has 7 heteroatoms. The average Bonchev–Trinajstić information content (AvgIpc) is 3.32. The van der Waals surface area contributed by atoms with Crippen molar-refractivity contribution >= 4 is 38.4 Å². The normalized spacial score (nSPS) is 11.8. The predicted molar refractivity (Wildman–Crippen MR) is 99.7 cm³/mol. The first-order valence-corrected chi connectivity index (χ1v) is 9.29. The lowest BCUT2D eigenvalue weighted by Crippen LogP contribution is -2.05. The number of aliphatic hydroxyl groups excluding tert-OH is 1. The number of unbranched alkanes of at least 4 members (excludes halogenated alkanes) is 1. The van der Waals surface area contributed by atoms with Gasteiger partial charge in [-0.05, 0) is 30.0 Å². The molecule has 0 saturated carbocycles. The van der Waals surface area contributed by atoms with Crippen LogP contribution in [-0.2, 0) is 19.6 Å². The number of aryl methyl sites for hydroxylation is 1. The molecule has 0 aromatic carbocycles. The van der Waals surface area contributed by atoms with E-state index in [0.29, 0.717) is 18.1 Å². The summed E-state index contributed by atoms with van der Waals surface area (Å²) >= 11 is 1.65. The summed E-state index contributed by atoms with van der Waals surface area (Å²) in [5.41, 5.74) is 8.85. The Balaban J connectivity index is 1.91. The van der Waals surface area contributed by atoms with E-state index in [1.807, 2.05) is 17.5 Å². The van der Waals surface area contributed by atoms with Crippen molar-refractivity contribution in [2.45, 2.75) is 39.3 Å². The highest BCUT2D eigenvalue weighted by molar-refractivity contribution is 7.18. The third-order valence-corrected chi connectivity index (χ3v) is 5.24. The Morgan fingerprint density at radius 1 is 1.24 bits per heavy atom. The first-order valence-electron chi connectivity index (χ1n) is 8.41. The summed E-state index contributed by atoms with van der Waals surface area (Å²) in [6.07, 6.45) is 3.04. The van der Waals surface area contributed by atoms with E-state index in [-0.39, 0.29) is 6.61 Å². The van der Waals surface area contributed by atoms with Gasteiger partial charge in [-0.15, -0.1) is 11.3 Å². The Morgan fingerprint density at radius 2 is 2.08 bits per heavy atom. The summed E-state index contributed by atoms with van der Waals surface area (Å²) in [6.45, 7) is 2.63. The topological polar surface area (TPSA) is 90.1 Å². The molecule has 0 radical (unpaired) electrons. The minimum Gasteiger partial charge on any atom is -0.462 e. The zero-order valence-corrected chi connectivity index (χ0v) is 14.8. The fraction of sp³-hybridized carbons (Fsp3) is 0.333. The number of anilines is 1. The van der Waals surface area contributed by atoms with Gasteiger partial charge in [-0.2, -0.15) is 0 Å². The van der Waals surface area contributed by atoms with Gasteiger partial charge in [0, 0.05) is 6.42 Å². The molecule has 0 saturated heterocycles. The molecule has 6 nitrogen and oxygen atoms in total. The smallest absolute Gasteiger partial charge is 0.152 e. The largest absolute Gasteiger partial charge is 0.462 e. The summed E-state index contributed by atoms with van der Waals surface area (Å²) in [4.78, 5) is 9.27. The van der Waals surface area contributed by atoms with Crippen LogP contribution in [0.5, 0.6) is 0 Å². The Morgan fingerprint density at radius 3 is 2.84 bits per heavy atom. The van der Waals surface area contributed by atoms with Gasteiger partial charge in [-0.25, -0.2) is 9.97 Å². The van der Waals surface area contributed by atoms with Crippen molar-refractivity contribution in [3.63, 3.8) is 0 Å². The van der Waals surface area contributed by atoms with Gasteiger partial charge in [-0.3, -0.25) is 0 Å². The van der Waals surface area contributed by atoms with Crippen LogP contribution in [0.2, 0.25) is 0 Å². The molecule has 0 spiro atoms. The number of rotatable bonds is 6. The number of nitrogens with two attached hydrogens (primary N) is 1. The minimum absolute atomic E-state index is 0.0978. The van der Waals surface area contributed by atoms with Crippen molar-refractivity contribution in [3.05, 3.63) is 40.9 Å². The first-order chi connectivity index (χ1) is 12.2. The Bertz CT molecular complexity index is 1030. The number of hydrogen-bond donors (Lipinski definition) is 2. The highest BCUT2D eigenvalue weighted by Crippen LogP contribution is 2.33. The lowest BCUT2D eigenvalue weighted by atomic mass is 10.2. The van der Waals surface area contributed by atoms with Crippen molar-refractivity contribution < 1.29 is 9.52 Å². The summed E-state index contributed by atoms with van der Waals surface area (Å²) in [6, 6.07) is 5.68. The summed E-state index contributed by atoms with van der Waals surface area (Å²) in [7, 11) is 0. The van der Waals surface area contributed by atoms with Gasteiger partial charge >= 0.3 is 0 Å². The second kappa shape index (κ2) is 6.50. The fourth-order valence-electron chi connectivity index (χ4n) is 3.10. The number of aromatic nitrogens is 3. The molecule has 4 heterocycles. The number of nitrogens with zero attached hydrogens (tertiary/aromatic N) is 3. The van der Waals surface area contributed by atoms with Crippen molar-refractivity contribution in [3.8, 4) is 0 Å². The second-order valence-electron chi connectivity index (χ2n) is 6.07. The van der Waals surface area contributed by atoms with E-state index in [4.69, 9.17) is 15.1 Å².